The van der Waals surface area contributed by atoms with Crippen LogP contribution >= 0.6 is 11.6 Å². The summed E-state index contributed by atoms with van der Waals surface area (Å²) in [5.41, 5.74) is 5.06. The second-order valence-corrected chi connectivity index (χ2v) is 5.51. The maximum Gasteiger partial charge on any atom is 0.333 e. The van der Waals surface area contributed by atoms with Gasteiger partial charge in [-0.3, -0.25) is 14.3 Å². The molecule has 4 N–H and O–H groups in total. The van der Waals surface area contributed by atoms with Gasteiger partial charge in [0.05, 0.1) is 0 Å². The van der Waals surface area contributed by atoms with Crippen LogP contribution in [-0.2, 0) is 9.53 Å². The molecule has 2 rings (SSSR count). The molecule has 0 aliphatic rings. The van der Waals surface area contributed by atoms with Crippen LogP contribution in [0.15, 0.2) is 11.1 Å². The number of ether oxygens (including phenoxy) is 1. The van der Waals surface area contributed by atoms with Gasteiger partial charge >= 0.3 is 5.97 Å². The summed E-state index contributed by atoms with van der Waals surface area (Å²) in [7, 11) is 0. The fraction of sp³-hybridized carbons (Fsp3) is 0.385. The number of hydrogen-bond donors (Lipinski definition) is 3. The third-order valence-electron chi connectivity index (χ3n) is 2.91. The summed E-state index contributed by atoms with van der Waals surface area (Å²) in [6.45, 7) is 2.24. The van der Waals surface area contributed by atoms with Crippen LogP contribution in [0.2, 0.25) is 0 Å². The summed E-state index contributed by atoms with van der Waals surface area (Å²) in [6, 6.07) is 0. The number of nitrogen functional groups attached to an aromatic ring is 1. The maximum absolute atomic E-state index is 11.8. The average molecular weight is 340 g/mol. The highest BCUT2D eigenvalue weighted by atomic mass is 35.5. The first-order valence-corrected chi connectivity index (χ1v) is 6.83. The second kappa shape index (κ2) is 6.28. The summed E-state index contributed by atoms with van der Waals surface area (Å²) in [4.78, 5) is 32.2. The topological polar surface area (TPSA) is 136 Å². The number of aliphatic hydroxyl groups excluding tert-OH is 1. The SMILES string of the molecule is CC#CC(C)(Cl)[C@@H](OC(=O)CO)n1cnc2c(=O)[nH]c(N)nc21. The Balaban J connectivity index is 2.66. The number of halogens is 1. The Kier molecular flexibility index (Phi) is 4.58. The fourth-order valence-electron chi connectivity index (χ4n) is 2.01. The van der Waals surface area contributed by atoms with Gasteiger partial charge in [0.1, 0.15) is 12.9 Å². The van der Waals surface area contributed by atoms with E-state index in [0.29, 0.717) is 0 Å². The number of alkyl halides is 1. The van der Waals surface area contributed by atoms with Gasteiger partial charge in [-0.15, -0.1) is 5.92 Å². The molecule has 0 aliphatic carbocycles. The van der Waals surface area contributed by atoms with Crippen molar-refractivity contribution in [3.05, 3.63) is 16.7 Å². The number of nitrogens with two attached hydrogens (primary N) is 1. The lowest BCUT2D eigenvalue weighted by molar-refractivity contribution is -0.158. The molecule has 0 aromatic carbocycles. The third kappa shape index (κ3) is 3.28. The Hall–Kier alpha value is -2.57. The number of nitrogens with zero attached hydrogens (tertiary/aromatic N) is 3. The van der Waals surface area contributed by atoms with E-state index in [1.54, 1.807) is 6.92 Å². The highest BCUT2D eigenvalue weighted by Crippen LogP contribution is 2.32. The average Bonchev–Trinajstić information content (AvgIpc) is 2.87. The maximum atomic E-state index is 11.8. The summed E-state index contributed by atoms with van der Waals surface area (Å²) < 4.78 is 6.43. The zero-order valence-electron chi connectivity index (χ0n) is 12.3. The van der Waals surface area contributed by atoms with Gasteiger partial charge in [0.15, 0.2) is 16.0 Å². The van der Waals surface area contributed by atoms with Gasteiger partial charge in [-0.05, 0) is 13.8 Å². The third-order valence-corrected chi connectivity index (χ3v) is 3.19. The molecule has 2 heterocycles. The van der Waals surface area contributed by atoms with E-state index < -0.39 is 29.2 Å². The van der Waals surface area contributed by atoms with E-state index in [9.17, 15) is 9.59 Å². The Morgan fingerprint density at radius 3 is 3.00 bits per heavy atom. The molecule has 122 valence electrons. The molecule has 0 amide bonds. The van der Waals surface area contributed by atoms with E-state index in [2.05, 4.69) is 26.8 Å². The first-order valence-electron chi connectivity index (χ1n) is 6.45. The lowest BCUT2D eigenvalue weighted by Crippen LogP contribution is -2.34. The number of carbonyl (C=O) groups excluding carboxylic acids is 1. The quantitative estimate of drug-likeness (QED) is 0.397. The summed E-state index contributed by atoms with van der Waals surface area (Å²) >= 11 is 6.35. The molecule has 0 radical (unpaired) electrons. The van der Waals surface area contributed by atoms with Crippen LogP contribution in [0.3, 0.4) is 0 Å². The molecule has 2 aromatic rings. The summed E-state index contributed by atoms with van der Waals surface area (Å²) in [6.07, 6.45) is 0.0505. The second-order valence-electron chi connectivity index (χ2n) is 4.73. The van der Waals surface area contributed by atoms with E-state index in [4.69, 9.17) is 27.2 Å². The van der Waals surface area contributed by atoms with Crippen molar-refractivity contribution in [2.45, 2.75) is 24.9 Å². The number of anilines is 1. The van der Waals surface area contributed by atoms with Gasteiger partial charge in [0.25, 0.3) is 5.56 Å². The predicted molar refractivity (Wildman–Crippen MR) is 82.5 cm³/mol. The first kappa shape index (κ1) is 16.8. The predicted octanol–water partition coefficient (Wildman–Crippen LogP) is -0.243. The number of aliphatic hydroxyl groups is 1. The number of H-pyrrole nitrogens is 1. The Bertz CT molecular complexity index is 861. The zero-order valence-corrected chi connectivity index (χ0v) is 13.1. The number of fused-ring (bicyclic) bond motifs is 1. The van der Waals surface area contributed by atoms with Gasteiger partial charge in [0.2, 0.25) is 12.2 Å². The van der Waals surface area contributed by atoms with E-state index in [1.807, 2.05) is 0 Å². The Morgan fingerprint density at radius 2 is 2.39 bits per heavy atom. The van der Waals surface area contributed by atoms with Crippen molar-refractivity contribution in [1.29, 1.82) is 0 Å². The van der Waals surface area contributed by atoms with Crippen LogP contribution in [0.1, 0.15) is 20.1 Å². The van der Waals surface area contributed by atoms with Crippen LogP contribution in [0.25, 0.3) is 11.2 Å². The Labute approximate surface area is 135 Å². The molecule has 0 fully saturated rings. The zero-order chi connectivity index (χ0) is 17.2. The highest BCUT2D eigenvalue weighted by molar-refractivity contribution is 6.26. The molecule has 2 aromatic heterocycles. The summed E-state index contributed by atoms with van der Waals surface area (Å²) in [5, 5.41) is 8.91. The van der Waals surface area contributed by atoms with Gasteiger partial charge < -0.3 is 15.6 Å². The number of rotatable bonds is 4. The molecule has 1 unspecified atom stereocenters. The van der Waals surface area contributed by atoms with Crippen molar-refractivity contribution in [2.24, 2.45) is 0 Å². The van der Waals surface area contributed by atoms with E-state index in [-0.39, 0.29) is 17.1 Å². The monoisotopic (exact) mass is 339 g/mol. The van der Waals surface area contributed by atoms with Crippen molar-refractivity contribution in [1.82, 2.24) is 19.5 Å². The van der Waals surface area contributed by atoms with Crippen molar-refractivity contribution >= 4 is 34.7 Å². The number of aromatic amines is 1. The fourth-order valence-corrected chi connectivity index (χ4v) is 2.26. The largest absolute Gasteiger partial charge is 0.436 e. The van der Waals surface area contributed by atoms with Crippen LogP contribution in [0.5, 0.6) is 0 Å². The minimum Gasteiger partial charge on any atom is -0.436 e. The van der Waals surface area contributed by atoms with Crippen LogP contribution in [0, 0.1) is 11.8 Å². The molecule has 23 heavy (non-hydrogen) atoms. The molecule has 0 aliphatic heterocycles. The lowest BCUT2D eigenvalue weighted by atomic mass is 10.1. The molecular formula is C13H14ClN5O4. The van der Waals surface area contributed by atoms with Gasteiger partial charge in [-0.2, -0.15) is 4.98 Å². The number of hydrogen-bond acceptors (Lipinski definition) is 7. The number of imidazole rings is 1. The van der Waals surface area contributed by atoms with Gasteiger partial charge in [-0.1, -0.05) is 17.5 Å². The number of aromatic nitrogens is 4. The molecule has 0 saturated heterocycles. The van der Waals surface area contributed by atoms with Crippen LogP contribution in [0.4, 0.5) is 5.95 Å². The highest BCUT2D eigenvalue weighted by Gasteiger charge is 2.37. The van der Waals surface area contributed by atoms with Crippen molar-refractivity contribution in [2.75, 3.05) is 12.3 Å². The molecule has 9 nitrogen and oxygen atoms in total. The molecule has 0 spiro atoms. The van der Waals surface area contributed by atoms with E-state index in [1.165, 1.54) is 17.8 Å². The lowest BCUT2D eigenvalue weighted by Gasteiger charge is -2.28. The van der Waals surface area contributed by atoms with Crippen molar-refractivity contribution in [3.8, 4) is 11.8 Å². The van der Waals surface area contributed by atoms with Crippen LogP contribution < -0.4 is 11.3 Å². The van der Waals surface area contributed by atoms with Gasteiger partial charge in [0, 0.05) is 0 Å². The molecule has 2 atom stereocenters. The first-order chi connectivity index (χ1) is 10.8. The van der Waals surface area contributed by atoms with Crippen molar-refractivity contribution < 1.29 is 14.6 Å². The molecule has 10 heteroatoms. The minimum atomic E-state index is -1.35. The minimum absolute atomic E-state index is 0.00108. The van der Waals surface area contributed by atoms with Gasteiger partial charge in [-0.25, -0.2) is 9.78 Å². The number of esters is 1. The normalized spacial score (nSPS) is 14.6. The number of nitrogens with one attached hydrogen (secondary N) is 1. The van der Waals surface area contributed by atoms with Crippen LogP contribution in [-0.4, -0.2) is 42.1 Å². The van der Waals surface area contributed by atoms with Crippen molar-refractivity contribution in [3.63, 3.8) is 0 Å². The standard InChI is InChI=1S/C13H14ClN5O4/c1-3-4-13(2,14)11(23-7(21)5-20)19-6-16-8-9(19)17-12(15)18-10(8)22/h6,11,20H,5H2,1-2H3,(H3,15,17,18,22)/t11-,13?/m1/s1. The van der Waals surface area contributed by atoms with E-state index in [0.717, 1.165) is 0 Å². The molecule has 0 saturated carbocycles. The molecular weight excluding hydrogens is 326 g/mol. The smallest absolute Gasteiger partial charge is 0.333 e. The number of carbonyl (C=O) groups is 1. The Morgan fingerprint density at radius 1 is 1.70 bits per heavy atom. The summed E-state index contributed by atoms with van der Waals surface area (Å²) in [5.74, 6) is 4.28. The molecule has 0 bridgehead atoms. The van der Waals surface area contributed by atoms with E-state index >= 15 is 0 Å².